The summed E-state index contributed by atoms with van der Waals surface area (Å²) >= 11 is 0. The normalized spacial score (nSPS) is 11.4. The lowest BCUT2D eigenvalue weighted by molar-refractivity contribution is -0.131. The average Bonchev–Trinajstić information content (AvgIpc) is 2.17. The monoisotopic (exact) mass is 244 g/mol. The summed E-state index contributed by atoms with van der Waals surface area (Å²) in [5.41, 5.74) is 12.2. The summed E-state index contributed by atoms with van der Waals surface area (Å²) in [4.78, 5) is 10.7. The third kappa shape index (κ3) is 4.61. The van der Waals surface area contributed by atoms with E-state index in [9.17, 15) is 4.79 Å². The van der Waals surface area contributed by atoms with Crippen LogP contribution in [0.5, 0.6) is 5.75 Å². The van der Waals surface area contributed by atoms with E-state index in [1.54, 1.807) is 12.1 Å². The first-order chi connectivity index (χ1) is 7.13. The summed E-state index contributed by atoms with van der Waals surface area (Å²) in [6, 6.07) is 7.09. The smallest absolute Gasteiger partial charge is 0.308 e. The molecule has 0 saturated carbocycles. The number of hydrogen-bond donors (Lipinski definition) is 2. The Morgan fingerprint density at radius 2 is 2.19 bits per heavy atom. The third-order valence-corrected chi connectivity index (χ3v) is 2.03. The van der Waals surface area contributed by atoms with Crippen molar-refractivity contribution in [1.29, 1.82) is 0 Å². The molecule has 0 bridgehead atoms. The molecule has 1 atom stereocenters. The molecule has 4 nitrogen and oxygen atoms in total. The molecule has 90 valence electrons. The zero-order valence-electron chi connectivity index (χ0n) is 9.18. The second kappa shape index (κ2) is 7.22. The topological polar surface area (TPSA) is 78.3 Å². The van der Waals surface area contributed by atoms with Gasteiger partial charge in [-0.1, -0.05) is 12.1 Å². The SMILES string of the molecule is CC(=O)Oc1cccc([C@@H](N)CCN)c1.Cl. The number of nitrogens with two attached hydrogens (primary N) is 2. The molecule has 5 heteroatoms. The van der Waals surface area contributed by atoms with Crippen LogP contribution < -0.4 is 16.2 Å². The van der Waals surface area contributed by atoms with Crippen LogP contribution >= 0.6 is 12.4 Å². The van der Waals surface area contributed by atoms with Crippen molar-refractivity contribution in [3.63, 3.8) is 0 Å². The minimum Gasteiger partial charge on any atom is -0.427 e. The van der Waals surface area contributed by atoms with Crippen LogP contribution in [-0.4, -0.2) is 12.5 Å². The fourth-order valence-electron chi connectivity index (χ4n) is 1.32. The fourth-order valence-corrected chi connectivity index (χ4v) is 1.32. The molecule has 0 spiro atoms. The van der Waals surface area contributed by atoms with Crippen molar-refractivity contribution in [1.82, 2.24) is 0 Å². The summed E-state index contributed by atoms with van der Waals surface area (Å²) in [7, 11) is 0. The molecule has 0 radical (unpaired) electrons. The first-order valence-electron chi connectivity index (χ1n) is 4.87. The van der Waals surface area contributed by atoms with Gasteiger partial charge in [0.1, 0.15) is 5.75 Å². The lowest BCUT2D eigenvalue weighted by atomic mass is 10.0. The van der Waals surface area contributed by atoms with Crippen LogP contribution in [-0.2, 0) is 4.79 Å². The van der Waals surface area contributed by atoms with Gasteiger partial charge in [0, 0.05) is 13.0 Å². The first-order valence-corrected chi connectivity index (χ1v) is 4.87. The van der Waals surface area contributed by atoms with Gasteiger partial charge >= 0.3 is 5.97 Å². The third-order valence-electron chi connectivity index (χ3n) is 2.03. The molecule has 1 rings (SSSR count). The van der Waals surface area contributed by atoms with Gasteiger partial charge in [-0.15, -0.1) is 12.4 Å². The molecule has 0 saturated heterocycles. The number of carbonyl (C=O) groups excluding carboxylic acids is 1. The molecule has 0 aromatic heterocycles. The minimum atomic E-state index is -0.334. The number of ether oxygens (including phenoxy) is 1. The fraction of sp³-hybridized carbons (Fsp3) is 0.364. The Balaban J connectivity index is 0.00000225. The van der Waals surface area contributed by atoms with Crippen LogP contribution in [0.1, 0.15) is 24.9 Å². The Morgan fingerprint density at radius 1 is 1.50 bits per heavy atom. The van der Waals surface area contributed by atoms with Gasteiger partial charge in [0.25, 0.3) is 0 Å². The number of carbonyl (C=O) groups is 1. The Kier molecular flexibility index (Phi) is 6.72. The second-order valence-electron chi connectivity index (χ2n) is 3.35. The molecule has 0 amide bonds. The summed E-state index contributed by atoms with van der Waals surface area (Å²) in [5, 5.41) is 0. The molecule has 0 unspecified atom stereocenters. The zero-order chi connectivity index (χ0) is 11.3. The van der Waals surface area contributed by atoms with Gasteiger partial charge in [0.05, 0.1) is 0 Å². The number of hydrogen-bond acceptors (Lipinski definition) is 4. The van der Waals surface area contributed by atoms with Crippen LogP contribution in [0.2, 0.25) is 0 Å². The minimum absolute atomic E-state index is 0. The Hall–Kier alpha value is -1.10. The molecule has 16 heavy (non-hydrogen) atoms. The van der Waals surface area contributed by atoms with Gasteiger partial charge in [0.2, 0.25) is 0 Å². The largest absolute Gasteiger partial charge is 0.427 e. The van der Waals surface area contributed by atoms with E-state index < -0.39 is 0 Å². The highest BCUT2D eigenvalue weighted by atomic mass is 35.5. The van der Waals surface area contributed by atoms with E-state index in [2.05, 4.69) is 0 Å². The maximum Gasteiger partial charge on any atom is 0.308 e. The first kappa shape index (κ1) is 14.9. The Labute approximate surface area is 101 Å². The molecular weight excluding hydrogens is 228 g/mol. The van der Waals surface area contributed by atoms with Gasteiger partial charge in [-0.05, 0) is 30.7 Å². The molecule has 0 heterocycles. The highest BCUT2D eigenvalue weighted by Gasteiger charge is 2.06. The summed E-state index contributed by atoms with van der Waals surface area (Å²) in [6.07, 6.45) is 0.712. The molecule has 0 aliphatic carbocycles. The van der Waals surface area contributed by atoms with Crippen molar-refractivity contribution in [2.45, 2.75) is 19.4 Å². The van der Waals surface area contributed by atoms with E-state index in [1.807, 2.05) is 12.1 Å². The van der Waals surface area contributed by atoms with Crippen molar-refractivity contribution in [3.05, 3.63) is 29.8 Å². The summed E-state index contributed by atoms with van der Waals surface area (Å²) in [5.74, 6) is 0.187. The molecule has 0 aliphatic rings. The van der Waals surface area contributed by atoms with Crippen LogP contribution in [0.25, 0.3) is 0 Å². The Morgan fingerprint density at radius 3 is 2.75 bits per heavy atom. The van der Waals surface area contributed by atoms with Gasteiger partial charge in [-0.3, -0.25) is 4.79 Å². The van der Waals surface area contributed by atoms with Crippen molar-refractivity contribution < 1.29 is 9.53 Å². The highest BCUT2D eigenvalue weighted by Crippen LogP contribution is 2.19. The molecule has 4 N–H and O–H groups in total. The van der Waals surface area contributed by atoms with E-state index in [1.165, 1.54) is 6.92 Å². The van der Waals surface area contributed by atoms with Gasteiger partial charge < -0.3 is 16.2 Å². The van der Waals surface area contributed by atoms with Crippen LogP contribution in [0.3, 0.4) is 0 Å². The maximum absolute atomic E-state index is 10.7. The van der Waals surface area contributed by atoms with E-state index in [4.69, 9.17) is 16.2 Å². The van der Waals surface area contributed by atoms with E-state index in [0.29, 0.717) is 18.7 Å². The van der Waals surface area contributed by atoms with Gasteiger partial charge in [0.15, 0.2) is 0 Å². The second-order valence-corrected chi connectivity index (χ2v) is 3.35. The highest BCUT2D eigenvalue weighted by molar-refractivity contribution is 5.85. The van der Waals surface area contributed by atoms with Crippen molar-refractivity contribution in [2.24, 2.45) is 11.5 Å². The summed E-state index contributed by atoms with van der Waals surface area (Å²) < 4.78 is 4.96. The van der Waals surface area contributed by atoms with Crippen molar-refractivity contribution >= 4 is 18.4 Å². The van der Waals surface area contributed by atoms with E-state index in [-0.39, 0.29) is 24.4 Å². The van der Waals surface area contributed by atoms with Gasteiger partial charge in [-0.25, -0.2) is 0 Å². The van der Waals surface area contributed by atoms with Crippen LogP contribution in [0.4, 0.5) is 0 Å². The lowest BCUT2D eigenvalue weighted by Crippen LogP contribution is -2.15. The molecule has 1 aromatic carbocycles. The van der Waals surface area contributed by atoms with E-state index in [0.717, 1.165) is 5.56 Å². The van der Waals surface area contributed by atoms with Crippen molar-refractivity contribution in [2.75, 3.05) is 6.54 Å². The predicted molar refractivity (Wildman–Crippen MR) is 65.6 cm³/mol. The lowest BCUT2D eigenvalue weighted by Gasteiger charge is -2.11. The number of benzene rings is 1. The van der Waals surface area contributed by atoms with Crippen LogP contribution in [0.15, 0.2) is 24.3 Å². The standard InChI is InChI=1S/C11H16N2O2.ClH/c1-8(14)15-10-4-2-3-9(7-10)11(13)5-6-12;/h2-4,7,11H,5-6,12-13H2,1H3;1H/t11-;/m0./s1. The number of rotatable bonds is 4. The van der Waals surface area contributed by atoms with Gasteiger partial charge in [-0.2, -0.15) is 0 Å². The summed E-state index contributed by atoms with van der Waals surface area (Å²) in [6.45, 7) is 1.91. The predicted octanol–water partition coefficient (Wildman–Crippen LogP) is 1.38. The zero-order valence-corrected chi connectivity index (χ0v) is 10.00. The molecular formula is C11H17ClN2O2. The molecule has 1 aromatic rings. The molecule has 0 fully saturated rings. The maximum atomic E-state index is 10.7. The molecule has 0 aliphatic heterocycles. The van der Waals surface area contributed by atoms with Crippen LogP contribution in [0, 0.1) is 0 Å². The quantitative estimate of drug-likeness (QED) is 0.620. The number of halogens is 1. The van der Waals surface area contributed by atoms with Crippen molar-refractivity contribution in [3.8, 4) is 5.75 Å². The van der Waals surface area contributed by atoms with E-state index >= 15 is 0 Å². The number of esters is 1. The average molecular weight is 245 g/mol. The Bertz CT molecular complexity index is 345.